The molecular weight excluding hydrogens is 507 g/mol. The maximum Gasteiger partial charge on any atom is 0.416 e. The Morgan fingerprint density at radius 3 is 2.68 bits per heavy atom. The number of cyclic esters (lactones) is 1. The Bertz CT molecular complexity index is 1400. The number of morpholine rings is 1. The highest BCUT2D eigenvalue weighted by Gasteiger charge is 2.63. The Morgan fingerprint density at radius 2 is 1.97 bits per heavy atom. The molecule has 1 aromatic heterocycles. The van der Waals surface area contributed by atoms with E-state index >= 15 is 4.39 Å². The van der Waals surface area contributed by atoms with E-state index in [9.17, 15) is 19.2 Å². The van der Waals surface area contributed by atoms with E-state index in [1.165, 1.54) is 19.4 Å². The SMILES string of the molecule is CON=CC1COC(=O)N1c1noc2c(F)c3c(cc12)CC1(C(=O)NC(=O)NC1=O)[C@H]1[C@H](C)O[C@H](C)CN31. The first-order chi connectivity index (χ1) is 18.2. The van der Waals surface area contributed by atoms with Crippen LogP contribution in [0.3, 0.4) is 0 Å². The largest absolute Gasteiger partial charge is 0.446 e. The van der Waals surface area contributed by atoms with Crippen molar-refractivity contribution in [2.24, 2.45) is 10.6 Å². The van der Waals surface area contributed by atoms with Crippen molar-refractivity contribution in [3.05, 3.63) is 17.4 Å². The number of aromatic nitrogens is 1. The van der Waals surface area contributed by atoms with Crippen LogP contribution in [0.5, 0.6) is 0 Å². The molecule has 200 valence electrons. The normalized spacial score (nSPS) is 28.4. The number of halogens is 1. The smallest absolute Gasteiger partial charge is 0.416 e. The van der Waals surface area contributed by atoms with Crippen LogP contribution in [0.2, 0.25) is 0 Å². The molecule has 3 fully saturated rings. The molecule has 6 rings (SSSR count). The summed E-state index contributed by atoms with van der Waals surface area (Å²) in [6.07, 6.45) is -0.682. The minimum absolute atomic E-state index is 0.0237. The predicted octanol–water partition coefficient (Wildman–Crippen LogP) is 0.815. The first kappa shape index (κ1) is 24.1. The number of fused-ring (bicyclic) bond motifs is 5. The van der Waals surface area contributed by atoms with Gasteiger partial charge >= 0.3 is 12.1 Å². The Balaban J connectivity index is 1.55. The highest BCUT2D eigenvalue weighted by Crippen LogP contribution is 2.50. The second-order valence-electron chi connectivity index (χ2n) is 9.67. The van der Waals surface area contributed by atoms with Gasteiger partial charge in [-0.3, -0.25) is 20.2 Å². The highest BCUT2D eigenvalue weighted by atomic mass is 19.1. The number of hydrogen-bond donors (Lipinski definition) is 2. The molecule has 4 atom stereocenters. The minimum atomic E-state index is -1.79. The van der Waals surface area contributed by atoms with Crippen LogP contribution in [0.15, 0.2) is 15.7 Å². The molecule has 1 unspecified atom stereocenters. The predicted molar refractivity (Wildman–Crippen MR) is 126 cm³/mol. The Morgan fingerprint density at radius 1 is 1.24 bits per heavy atom. The Hall–Kier alpha value is -4.27. The van der Waals surface area contributed by atoms with Crippen molar-refractivity contribution in [3.63, 3.8) is 0 Å². The molecule has 0 saturated carbocycles. The van der Waals surface area contributed by atoms with Crippen LogP contribution in [0.25, 0.3) is 11.0 Å². The van der Waals surface area contributed by atoms with Crippen LogP contribution in [0.1, 0.15) is 19.4 Å². The molecule has 2 N–H and O–H groups in total. The van der Waals surface area contributed by atoms with Gasteiger partial charge in [0.05, 0.1) is 35.5 Å². The molecule has 0 bridgehead atoms. The van der Waals surface area contributed by atoms with Crippen molar-refractivity contribution in [2.45, 2.75) is 44.6 Å². The van der Waals surface area contributed by atoms with E-state index in [1.807, 2.05) is 0 Å². The fourth-order valence-corrected chi connectivity index (χ4v) is 6.03. The van der Waals surface area contributed by atoms with Crippen molar-refractivity contribution >= 4 is 52.6 Å². The maximum atomic E-state index is 16.2. The number of hydrogen-bond acceptors (Lipinski definition) is 11. The second kappa shape index (κ2) is 8.37. The highest BCUT2D eigenvalue weighted by molar-refractivity contribution is 6.20. The average Bonchev–Trinajstić information content (AvgIpc) is 3.43. The fraction of sp³-hybridized carbons (Fsp3) is 0.478. The van der Waals surface area contributed by atoms with Crippen LogP contribution in [-0.4, -0.2) is 79.9 Å². The molecule has 4 aliphatic heterocycles. The van der Waals surface area contributed by atoms with E-state index in [1.54, 1.807) is 18.7 Å². The summed E-state index contributed by atoms with van der Waals surface area (Å²) < 4.78 is 32.7. The van der Waals surface area contributed by atoms with Gasteiger partial charge in [0.1, 0.15) is 19.8 Å². The molecule has 38 heavy (non-hydrogen) atoms. The van der Waals surface area contributed by atoms with Gasteiger partial charge in [-0.15, -0.1) is 0 Å². The van der Waals surface area contributed by atoms with E-state index in [-0.39, 0.29) is 48.2 Å². The minimum Gasteiger partial charge on any atom is -0.446 e. The zero-order valence-electron chi connectivity index (χ0n) is 20.5. The van der Waals surface area contributed by atoms with Gasteiger partial charge in [0.25, 0.3) is 0 Å². The molecular formula is C23H23FN6O8. The molecule has 1 aromatic carbocycles. The van der Waals surface area contributed by atoms with Crippen molar-refractivity contribution in [3.8, 4) is 0 Å². The lowest BCUT2D eigenvalue weighted by atomic mass is 9.66. The molecule has 3 saturated heterocycles. The Kier molecular flexibility index (Phi) is 5.31. The summed E-state index contributed by atoms with van der Waals surface area (Å²) in [5, 5.41) is 12.2. The number of nitrogens with one attached hydrogen (secondary N) is 2. The van der Waals surface area contributed by atoms with Crippen molar-refractivity contribution in [1.29, 1.82) is 0 Å². The lowest BCUT2D eigenvalue weighted by molar-refractivity contribution is -0.153. The third-order valence-corrected chi connectivity index (χ3v) is 7.42. The number of amides is 5. The number of carbonyl (C=O) groups is 4. The van der Waals surface area contributed by atoms with Gasteiger partial charge in [-0.25, -0.2) is 18.9 Å². The zero-order valence-corrected chi connectivity index (χ0v) is 20.5. The number of carbonyl (C=O) groups excluding carboxylic acids is 4. The van der Waals surface area contributed by atoms with Gasteiger partial charge in [-0.1, -0.05) is 10.3 Å². The molecule has 1 spiro atoms. The first-order valence-electron chi connectivity index (χ1n) is 11.9. The van der Waals surface area contributed by atoms with E-state index in [0.717, 1.165) is 4.90 Å². The number of imide groups is 2. The van der Waals surface area contributed by atoms with E-state index in [2.05, 4.69) is 20.9 Å². The van der Waals surface area contributed by atoms with Crippen LogP contribution >= 0.6 is 0 Å². The molecule has 2 aromatic rings. The van der Waals surface area contributed by atoms with Gasteiger partial charge in [0.15, 0.2) is 17.1 Å². The number of oxime groups is 1. The number of urea groups is 1. The van der Waals surface area contributed by atoms with Crippen molar-refractivity contribution in [1.82, 2.24) is 15.8 Å². The third-order valence-electron chi connectivity index (χ3n) is 7.42. The van der Waals surface area contributed by atoms with Crippen molar-refractivity contribution < 1.29 is 42.4 Å². The van der Waals surface area contributed by atoms with Crippen LogP contribution in [-0.2, 0) is 30.3 Å². The number of nitrogens with zero attached hydrogens (tertiary/aromatic N) is 4. The van der Waals surface area contributed by atoms with Gasteiger partial charge in [-0.05, 0) is 25.5 Å². The number of rotatable bonds is 3. The number of ether oxygens (including phenoxy) is 2. The lowest BCUT2D eigenvalue weighted by Gasteiger charge is -2.55. The summed E-state index contributed by atoms with van der Waals surface area (Å²) in [6.45, 7) is 3.61. The van der Waals surface area contributed by atoms with E-state index in [4.69, 9.17) is 18.8 Å². The molecule has 0 aliphatic carbocycles. The standard InChI is InChI=1S/C23H23FN6O8/c1-9-7-29-15-11(5-23(17(29)10(2)37-9)19(31)26-21(33)27-20(23)32)4-13-16(14(15)24)38-28-18(13)30-12(6-25-35-3)8-36-22(30)34/h4,6,9-10,12,17H,5,7-8H2,1-3H3,(H2,26,27,31,32,33)/t9-,10+,12?,17-/m1/s1. The van der Waals surface area contributed by atoms with Gasteiger partial charge in [-0.2, -0.15) is 0 Å². The molecule has 15 heteroatoms. The summed E-state index contributed by atoms with van der Waals surface area (Å²) in [5.74, 6) is -2.40. The number of anilines is 2. The summed E-state index contributed by atoms with van der Waals surface area (Å²) >= 11 is 0. The van der Waals surface area contributed by atoms with Crippen molar-refractivity contribution in [2.75, 3.05) is 30.1 Å². The van der Waals surface area contributed by atoms with Crippen LogP contribution in [0, 0.1) is 11.2 Å². The van der Waals surface area contributed by atoms with Gasteiger partial charge in [0.2, 0.25) is 17.4 Å². The molecule has 5 amide bonds. The number of benzene rings is 1. The quantitative estimate of drug-likeness (QED) is 0.330. The Labute approximate surface area is 214 Å². The van der Waals surface area contributed by atoms with Crippen LogP contribution < -0.4 is 20.4 Å². The lowest BCUT2D eigenvalue weighted by Crippen LogP contribution is -2.75. The van der Waals surface area contributed by atoms with Gasteiger partial charge in [0, 0.05) is 13.0 Å². The van der Waals surface area contributed by atoms with E-state index in [0.29, 0.717) is 5.56 Å². The molecule has 14 nitrogen and oxygen atoms in total. The summed E-state index contributed by atoms with van der Waals surface area (Å²) in [5.41, 5.74) is -1.57. The first-order valence-corrected chi connectivity index (χ1v) is 11.9. The van der Waals surface area contributed by atoms with Crippen LogP contribution in [0.4, 0.5) is 25.5 Å². The summed E-state index contributed by atoms with van der Waals surface area (Å²) in [6, 6.07) is -1.01. The molecule has 5 heterocycles. The maximum absolute atomic E-state index is 16.2. The summed E-state index contributed by atoms with van der Waals surface area (Å²) in [7, 11) is 1.34. The monoisotopic (exact) mass is 530 g/mol. The second-order valence-corrected chi connectivity index (χ2v) is 9.67. The van der Waals surface area contributed by atoms with E-state index < -0.39 is 53.4 Å². The molecule has 4 aliphatic rings. The fourth-order valence-electron chi connectivity index (χ4n) is 6.03. The number of barbiturate groups is 1. The zero-order chi connectivity index (χ0) is 26.9. The third kappa shape index (κ3) is 3.20. The average molecular weight is 530 g/mol. The van der Waals surface area contributed by atoms with Gasteiger partial charge < -0.3 is 23.7 Å². The topological polar surface area (TPSA) is 165 Å². The molecule has 0 radical (unpaired) electrons. The summed E-state index contributed by atoms with van der Waals surface area (Å²) in [4.78, 5) is 58.6.